The summed E-state index contributed by atoms with van der Waals surface area (Å²) < 4.78 is 19.2. The lowest BCUT2D eigenvalue weighted by Gasteiger charge is -2.27. The first-order valence-corrected chi connectivity index (χ1v) is 7.47. The second kappa shape index (κ2) is 6.55. The molecule has 1 aromatic rings. The molecule has 100 valence electrons. The topological polar surface area (TPSA) is 21.3 Å². The van der Waals surface area contributed by atoms with Gasteiger partial charge in [-0.25, -0.2) is 4.39 Å². The van der Waals surface area contributed by atoms with Crippen LogP contribution in [0.15, 0.2) is 23.1 Å². The summed E-state index contributed by atoms with van der Waals surface area (Å²) in [7, 11) is 0. The van der Waals surface area contributed by atoms with Crippen LogP contribution in [0.25, 0.3) is 0 Å². The molecule has 2 nitrogen and oxygen atoms in total. The summed E-state index contributed by atoms with van der Waals surface area (Å²) >= 11 is 1.62. The monoisotopic (exact) mass is 269 g/mol. The standard InChI is InChI=1S/C14H20FNOS/c1-3-17-10(2)9-16-13-7-8-18-14-11(13)5-4-6-12(14)15/h4-6,10,13,16H,3,7-9H2,1-2H3. The summed E-state index contributed by atoms with van der Waals surface area (Å²) in [6.07, 6.45) is 1.24. The molecule has 0 radical (unpaired) electrons. The number of fused-ring (bicyclic) bond motifs is 1. The molecule has 18 heavy (non-hydrogen) atoms. The first-order valence-electron chi connectivity index (χ1n) is 6.48. The average molecular weight is 269 g/mol. The van der Waals surface area contributed by atoms with Crippen molar-refractivity contribution in [3.63, 3.8) is 0 Å². The van der Waals surface area contributed by atoms with Gasteiger partial charge in [0.15, 0.2) is 0 Å². The second-order valence-corrected chi connectivity index (χ2v) is 5.63. The molecular weight excluding hydrogens is 249 g/mol. The first kappa shape index (κ1) is 13.8. The fourth-order valence-corrected chi connectivity index (χ4v) is 3.39. The van der Waals surface area contributed by atoms with E-state index >= 15 is 0 Å². The van der Waals surface area contributed by atoms with Gasteiger partial charge in [0, 0.05) is 24.1 Å². The van der Waals surface area contributed by atoms with Crippen molar-refractivity contribution in [2.75, 3.05) is 18.9 Å². The van der Waals surface area contributed by atoms with Gasteiger partial charge in [0.1, 0.15) is 5.82 Å². The molecule has 1 heterocycles. The molecule has 2 atom stereocenters. The van der Waals surface area contributed by atoms with E-state index in [2.05, 4.69) is 12.2 Å². The number of nitrogens with one attached hydrogen (secondary N) is 1. The molecule has 2 rings (SSSR count). The van der Waals surface area contributed by atoms with Crippen molar-refractivity contribution < 1.29 is 9.13 Å². The fraction of sp³-hybridized carbons (Fsp3) is 0.571. The van der Waals surface area contributed by atoms with Gasteiger partial charge < -0.3 is 10.1 Å². The Bertz CT molecular complexity index is 399. The van der Waals surface area contributed by atoms with Crippen LogP contribution in [0, 0.1) is 5.82 Å². The van der Waals surface area contributed by atoms with Gasteiger partial charge in [0.25, 0.3) is 0 Å². The van der Waals surface area contributed by atoms with Crippen LogP contribution < -0.4 is 5.32 Å². The Labute approximate surface area is 112 Å². The smallest absolute Gasteiger partial charge is 0.137 e. The molecule has 1 aromatic carbocycles. The Morgan fingerprint density at radius 1 is 1.56 bits per heavy atom. The van der Waals surface area contributed by atoms with E-state index in [0.717, 1.165) is 35.8 Å². The highest BCUT2D eigenvalue weighted by molar-refractivity contribution is 7.99. The van der Waals surface area contributed by atoms with Gasteiger partial charge in [-0.1, -0.05) is 12.1 Å². The van der Waals surface area contributed by atoms with Crippen LogP contribution in [0.2, 0.25) is 0 Å². The minimum atomic E-state index is -0.0955. The number of rotatable bonds is 5. The molecule has 0 aliphatic carbocycles. The van der Waals surface area contributed by atoms with Gasteiger partial charge in [-0.2, -0.15) is 0 Å². The Hall–Kier alpha value is -0.580. The molecule has 0 saturated heterocycles. The number of hydrogen-bond acceptors (Lipinski definition) is 3. The van der Waals surface area contributed by atoms with Crippen LogP contribution in [-0.2, 0) is 4.74 Å². The fourth-order valence-electron chi connectivity index (χ4n) is 2.25. The van der Waals surface area contributed by atoms with Crippen molar-refractivity contribution in [2.24, 2.45) is 0 Å². The maximum absolute atomic E-state index is 13.7. The van der Waals surface area contributed by atoms with Crippen molar-refractivity contribution >= 4 is 11.8 Å². The van der Waals surface area contributed by atoms with E-state index in [-0.39, 0.29) is 18.0 Å². The minimum Gasteiger partial charge on any atom is -0.377 e. The normalized spacial score (nSPS) is 20.5. The van der Waals surface area contributed by atoms with Gasteiger partial charge in [0.2, 0.25) is 0 Å². The molecule has 1 aliphatic rings. The summed E-state index contributed by atoms with van der Waals surface area (Å²) in [5.41, 5.74) is 1.09. The molecule has 0 bridgehead atoms. The maximum atomic E-state index is 13.7. The van der Waals surface area contributed by atoms with Crippen molar-refractivity contribution in [1.82, 2.24) is 5.32 Å². The zero-order chi connectivity index (χ0) is 13.0. The van der Waals surface area contributed by atoms with E-state index in [0.29, 0.717) is 0 Å². The average Bonchev–Trinajstić information content (AvgIpc) is 2.37. The van der Waals surface area contributed by atoms with Crippen LogP contribution in [0.3, 0.4) is 0 Å². The molecule has 0 aromatic heterocycles. The molecule has 1 N–H and O–H groups in total. The van der Waals surface area contributed by atoms with Gasteiger partial charge in [-0.3, -0.25) is 0 Å². The number of halogens is 1. The largest absolute Gasteiger partial charge is 0.377 e. The molecule has 4 heteroatoms. The van der Waals surface area contributed by atoms with Crippen LogP contribution >= 0.6 is 11.8 Å². The third kappa shape index (κ3) is 3.25. The molecule has 0 saturated carbocycles. The van der Waals surface area contributed by atoms with Gasteiger partial charge in [0.05, 0.1) is 6.10 Å². The highest BCUT2D eigenvalue weighted by atomic mass is 32.2. The van der Waals surface area contributed by atoms with Crippen molar-refractivity contribution in [2.45, 2.75) is 37.3 Å². The van der Waals surface area contributed by atoms with Crippen molar-refractivity contribution in [3.8, 4) is 0 Å². The summed E-state index contributed by atoms with van der Waals surface area (Å²) in [6.45, 7) is 5.59. The van der Waals surface area contributed by atoms with E-state index in [1.807, 2.05) is 13.0 Å². The van der Waals surface area contributed by atoms with E-state index in [1.165, 1.54) is 6.07 Å². The molecule has 0 fully saturated rings. The van der Waals surface area contributed by atoms with Crippen LogP contribution in [0.5, 0.6) is 0 Å². The predicted molar refractivity (Wildman–Crippen MR) is 73.6 cm³/mol. The summed E-state index contributed by atoms with van der Waals surface area (Å²) in [4.78, 5) is 0.810. The van der Waals surface area contributed by atoms with E-state index < -0.39 is 0 Å². The lowest BCUT2D eigenvalue weighted by molar-refractivity contribution is 0.0737. The Kier molecular flexibility index (Phi) is 5.03. The predicted octanol–water partition coefficient (Wildman–Crippen LogP) is 3.38. The van der Waals surface area contributed by atoms with Crippen LogP contribution in [0.1, 0.15) is 31.9 Å². The SMILES string of the molecule is CCOC(C)CNC1CCSc2c(F)cccc21. The van der Waals surface area contributed by atoms with E-state index in [9.17, 15) is 4.39 Å². The van der Waals surface area contributed by atoms with Crippen LogP contribution in [0.4, 0.5) is 4.39 Å². The number of benzene rings is 1. The Morgan fingerprint density at radius 3 is 3.17 bits per heavy atom. The van der Waals surface area contributed by atoms with Crippen LogP contribution in [-0.4, -0.2) is 25.0 Å². The van der Waals surface area contributed by atoms with Crippen molar-refractivity contribution in [1.29, 1.82) is 0 Å². The Balaban J connectivity index is 2.02. The number of thioether (sulfide) groups is 1. The van der Waals surface area contributed by atoms with Crippen molar-refractivity contribution in [3.05, 3.63) is 29.6 Å². The zero-order valence-corrected chi connectivity index (χ0v) is 11.7. The summed E-state index contributed by atoms with van der Waals surface area (Å²) in [5, 5.41) is 3.48. The quantitative estimate of drug-likeness (QED) is 0.885. The number of ether oxygens (including phenoxy) is 1. The Morgan fingerprint density at radius 2 is 2.39 bits per heavy atom. The molecule has 2 unspecified atom stereocenters. The first-order chi connectivity index (χ1) is 8.72. The zero-order valence-electron chi connectivity index (χ0n) is 10.9. The summed E-state index contributed by atoms with van der Waals surface area (Å²) in [6, 6.07) is 5.60. The lowest BCUT2D eigenvalue weighted by Crippen LogP contribution is -2.32. The van der Waals surface area contributed by atoms with E-state index in [1.54, 1.807) is 17.8 Å². The van der Waals surface area contributed by atoms with Gasteiger partial charge in [-0.05, 0) is 37.7 Å². The third-order valence-electron chi connectivity index (χ3n) is 3.13. The lowest BCUT2D eigenvalue weighted by atomic mass is 10.0. The minimum absolute atomic E-state index is 0.0955. The highest BCUT2D eigenvalue weighted by Gasteiger charge is 2.22. The molecule has 0 amide bonds. The molecule has 0 spiro atoms. The molecule has 1 aliphatic heterocycles. The second-order valence-electron chi connectivity index (χ2n) is 4.52. The maximum Gasteiger partial charge on any atom is 0.137 e. The molecular formula is C14H20FNOS. The third-order valence-corrected chi connectivity index (χ3v) is 4.29. The highest BCUT2D eigenvalue weighted by Crippen LogP contribution is 2.37. The number of hydrogen-bond donors (Lipinski definition) is 1. The summed E-state index contributed by atoms with van der Waals surface area (Å²) in [5.74, 6) is 0.871. The van der Waals surface area contributed by atoms with Gasteiger partial charge in [-0.15, -0.1) is 11.8 Å². The van der Waals surface area contributed by atoms with Gasteiger partial charge >= 0.3 is 0 Å². The van der Waals surface area contributed by atoms with E-state index in [4.69, 9.17) is 4.74 Å².